The van der Waals surface area contributed by atoms with Crippen LogP contribution in [0.15, 0.2) is 30.5 Å². The molecule has 31 heavy (non-hydrogen) atoms. The summed E-state index contributed by atoms with van der Waals surface area (Å²) in [5.74, 6) is 0.568. The van der Waals surface area contributed by atoms with Gasteiger partial charge in [0, 0.05) is 23.1 Å². The van der Waals surface area contributed by atoms with Crippen molar-refractivity contribution in [2.24, 2.45) is 17.9 Å². The molecule has 1 heterocycles. The number of benzene rings is 1. The zero-order chi connectivity index (χ0) is 23.6. The van der Waals surface area contributed by atoms with Crippen LogP contribution in [-0.4, -0.2) is 0 Å². The lowest BCUT2D eigenvalue weighted by Crippen LogP contribution is -2.37. The lowest BCUT2D eigenvalue weighted by atomic mass is 9.66. The zero-order valence-electron chi connectivity index (χ0n) is 22.3. The monoisotopic (exact) mass is 420 g/mol. The highest BCUT2D eigenvalue weighted by atomic mass is 14.9. The van der Waals surface area contributed by atoms with Gasteiger partial charge in [-0.25, -0.2) is 4.57 Å². The van der Waals surface area contributed by atoms with Gasteiger partial charge in [0.25, 0.3) is 0 Å². The van der Waals surface area contributed by atoms with Crippen molar-refractivity contribution in [3.63, 3.8) is 0 Å². The van der Waals surface area contributed by atoms with E-state index in [-0.39, 0.29) is 10.8 Å². The quantitative estimate of drug-likeness (QED) is 0.433. The maximum Gasteiger partial charge on any atom is 0.212 e. The molecule has 0 bridgehead atoms. The van der Waals surface area contributed by atoms with Crippen LogP contribution in [0.4, 0.5) is 0 Å². The molecule has 0 spiro atoms. The summed E-state index contributed by atoms with van der Waals surface area (Å²) in [6.07, 6.45) is 5.06. The first-order chi connectivity index (χ1) is 13.9. The van der Waals surface area contributed by atoms with Gasteiger partial charge in [-0.2, -0.15) is 0 Å². The summed E-state index contributed by atoms with van der Waals surface area (Å²) in [7, 11) is 2.23. The molecule has 0 atom stereocenters. The van der Waals surface area contributed by atoms with Crippen molar-refractivity contribution >= 4 is 0 Å². The van der Waals surface area contributed by atoms with Gasteiger partial charge in [-0.1, -0.05) is 81.4 Å². The Morgan fingerprint density at radius 3 is 1.84 bits per heavy atom. The largest absolute Gasteiger partial charge is 0.212 e. The molecule has 0 saturated heterocycles. The molecular weight excluding hydrogens is 374 g/mol. The molecular formula is C30H46N+. The van der Waals surface area contributed by atoms with Crippen LogP contribution in [-0.2, 0) is 17.9 Å². The van der Waals surface area contributed by atoms with Crippen LogP contribution in [0.2, 0.25) is 0 Å². The normalized spacial score (nSPS) is 19.1. The van der Waals surface area contributed by atoms with Gasteiger partial charge in [0.2, 0.25) is 5.69 Å². The van der Waals surface area contributed by atoms with E-state index >= 15 is 0 Å². The predicted octanol–water partition coefficient (Wildman–Crippen LogP) is 8.01. The molecule has 0 unspecified atom stereocenters. The Bertz CT molecular complexity index is 961. The third-order valence-corrected chi connectivity index (χ3v) is 7.77. The lowest BCUT2D eigenvalue weighted by Gasteiger charge is -2.38. The van der Waals surface area contributed by atoms with Crippen molar-refractivity contribution in [3.05, 3.63) is 52.7 Å². The first kappa shape index (κ1) is 24.0. The summed E-state index contributed by atoms with van der Waals surface area (Å²) >= 11 is 0. The summed E-state index contributed by atoms with van der Waals surface area (Å²) in [6, 6.07) is 9.53. The minimum Gasteiger partial charge on any atom is -0.201 e. The molecule has 1 heteroatoms. The number of pyridine rings is 1. The van der Waals surface area contributed by atoms with E-state index in [0.29, 0.717) is 16.7 Å². The van der Waals surface area contributed by atoms with Crippen molar-refractivity contribution in [2.75, 3.05) is 0 Å². The number of hydrogen-bond donors (Lipinski definition) is 0. The van der Waals surface area contributed by atoms with Gasteiger partial charge in [0.15, 0.2) is 6.20 Å². The Balaban J connectivity index is 2.24. The first-order valence-electron chi connectivity index (χ1n) is 12.1. The SMILES string of the molecule is Cc1cc(C(C)(C)C)ccc1-c1cc(C(C)(C)C)c(C2C(C)(C)CCC2(C)C)c[n+]1C. The second-order valence-corrected chi connectivity index (χ2v) is 13.6. The predicted molar refractivity (Wildman–Crippen MR) is 135 cm³/mol. The van der Waals surface area contributed by atoms with Crippen LogP contribution >= 0.6 is 0 Å². The van der Waals surface area contributed by atoms with Crippen LogP contribution in [0, 0.1) is 17.8 Å². The molecule has 1 aromatic heterocycles. The van der Waals surface area contributed by atoms with Gasteiger partial charge >= 0.3 is 0 Å². The fraction of sp³-hybridized carbons (Fsp3) is 0.633. The Hall–Kier alpha value is -1.63. The topological polar surface area (TPSA) is 3.88 Å². The molecule has 0 aliphatic heterocycles. The van der Waals surface area contributed by atoms with E-state index in [2.05, 4.69) is 118 Å². The Kier molecular flexibility index (Phi) is 5.78. The van der Waals surface area contributed by atoms with Crippen LogP contribution in [0.1, 0.15) is 110 Å². The number of aromatic nitrogens is 1. The molecule has 2 aromatic rings. The van der Waals surface area contributed by atoms with E-state index in [1.807, 2.05) is 0 Å². The highest BCUT2D eigenvalue weighted by Gasteiger charge is 2.50. The molecule has 3 rings (SSSR count). The van der Waals surface area contributed by atoms with Crippen LogP contribution in [0.25, 0.3) is 11.3 Å². The van der Waals surface area contributed by atoms with E-state index in [1.165, 1.54) is 40.8 Å². The molecule has 0 radical (unpaired) electrons. The smallest absolute Gasteiger partial charge is 0.201 e. The van der Waals surface area contributed by atoms with Gasteiger partial charge in [-0.15, -0.1) is 0 Å². The minimum absolute atomic E-state index is 0.104. The number of nitrogens with zero attached hydrogens (tertiary/aromatic N) is 1. The van der Waals surface area contributed by atoms with Crippen molar-refractivity contribution in [1.82, 2.24) is 0 Å². The molecule has 1 saturated carbocycles. The van der Waals surface area contributed by atoms with Gasteiger partial charge in [0.1, 0.15) is 7.05 Å². The molecule has 1 aliphatic rings. The molecule has 1 aromatic carbocycles. The third-order valence-electron chi connectivity index (χ3n) is 7.77. The number of hydrogen-bond acceptors (Lipinski definition) is 0. The number of aryl methyl sites for hydroxylation is 2. The van der Waals surface area contributed by atoms with Crippen molar-refractivity contribution in [3.8, 4) is 11.3 Å². The summed E-state index contributed by atoms with van der Waals surface area (Å²) in [6.45, 7) is 26.2. The lowest BCUT2D eigenvalue weighted by molar-refractivity contribution is -0.661. The summed E-state index contributed by atoms with van der Waals surface area (Å²) in [5, 5.41) is 0. The molecule has 0 amide bonds. The Morgan fingerprint density at radius 1 is 0.839 bits per heavy atom. The van der Waals surface area contributed by atoms with Gasteiger partial charge < -0.3 is 0 Å². The third kappa shape index (κ3) is 4.48. The Labute approximate surface area is 192 Å². The van der Waals surface area contributed by atoms with Crippen molar-refractivity contribution in [1.29, 1.82) is 0 Å². The van der Waals surface area contributed by atoms with E-state index in [4.69, 9.17) is 0 Å². The molecule has 1 nitrogen and oxygen atoms in total. The van der Waals surface area contributed by atoms with Crippen LogP contribution in [0.3, 0.4) is 0 Å². The molecule has 1 fully saturated rings. The summed E-state index contributed by atoms with van der Waals surface area (Å²) in [4.78, 5) is 0. The van der Waals surface area contributed by atoms with Gasteiger partial charge in [0.05, 0.1) is 0 Å². The average molecular weight is 421 g/mol. The van der Waals surface area contributed by atoms with E-state index in [1.54, 1.807) is 5.56 Å². The second kappa shape index (κ2) is 7.46. The zero-order valence-corrected chi connectivity index (χ0v) is 22.3. The standard InChI is InChI=1S/C30H46N/c1-20-17-21(27(2,3)4)13-14-22(20)25-18-24(28(5,6)7)23(19-31(25)12)26-29(8,9)15-16-30(26,10)11/h13-14,17-19,26H,15-16H2,1-12H3/q+1. The maximum absolute atomic E-state index is 2.50. The van der Waals surface area contributed by atoms with E-state index in [9.17, 15) is 0 Å². The number of rotatable bonds is 2. The summed E-state index contributed by atoms with van der Waals surface area (Å²) < 4.78 is 2.38. The van der Waals surface area contributed by atoms with Crippen molar-refractivity contribution in [2.45, 2.75) is 106 Å². The summed E-state index contributed by atoms with van der Waals surface area (Å²) in [5.41, 5.74) is 9.40. The van der Waals surface area contributed by atoms with Crippen LogP contribution < -0.4 is 4.57 Å². The van der Waals surface area contributed by atoms with E-state index < -0.39 is 0 Å². The first-order valence-corrected chi connectivity index (χ1v) is 12.1. The fourth-order valence-corrected chi connectivity index (χ4v) is 6.07. The second-order valence-electron chi connectivity index (χ2n) is 13.6. The van der Waals surface area contributed by atoms with Crippen LogP contribution in [0.5, 0.6) is 0 Å². The molecule has 0 N–H and O–H groups in total. The highest BCUT2D eigenvalue weighted by Crippen LogP contribution is 2.60. The minimum atomic E-state index is 0.104. The average Bonchev–Trinajstić information content (AvgIpc) is 2.81. The fourth-order valence-electron chi connectivity index (χ4n) is 6.07. The van der Waals surface area contributed by atoms with Gasteiger partial charge in [-0.05, 0) is 64.2 Å². The van der Waals surface area contributed by atoms with Gasteiger partial charge in [-0.3, -0.25) is 0 Å². The highest BCUT2D eigenvalue weighted by molar-refractivity contribution is 5.63. The Morgan fingerprint density at radius 2 is 1.39 bits per heavy atom. The maximum atomic E-state index is 2.50. The van der Waals surface area contributed by atoms with Crippen molar-refractivity contribution < 1.29 is 4.57 Å². The molecule has 1 aliphatic carbocycles. The van der Waals surface area contributed by atoms with E-state index in [0.717, 1.165) is 0 Å². The molecule has 170 valence electrons.